The van der Waals surface area contributed by atoms with Gasteiger partial charge in [-0.1, -0.05) is 43.6 Å². The van der Waals surface area contributed by atoms with Gasteiger partial charge in [0.05, 0.1) is 12.9 Å². The molecule has 8 heteroatoms. The quantitative estimate of drug-likeness (QED) is 0.148. The highest BCUT2D eigenvalue weighted by molar-refractivity contribution is 7.85. The Balaban J connectivity index is 2.25. The Kier molecular flexibility index (Phi) is 11.1. The summed E-state index contributed by atoms with van der Waals surface area (Å²) in [5.41, 5.74) is 3.93. The minimum atomic E-state index is -3.49. The lowest BCUT2D eigenvalue weighted by Crippen LogP contribution is -2.35. The Morgan fingerprint density at radius 1 is 1.29 bits per heavy atom. The maximum atomic E-state index is 11.1. The lowest BCUT2D eigenvalue weighted by atomic mass is 9.73. The molecule has 1 aromatic rings. The summed E-state index contributed by atoms with van der Waals surface area (Å²) in [6.45, 7) is 10.7. The molecule has 0 aliphatic heterocycles. The largest absolute Gasteiger partial charge is 0.507 e. The molecule has 0 fully saturated rings. The first-order valence-corrected chi connectivity index (χ1v) is 13.9. The zero-order valence-corrected chi connectivity index (χ0v) is 21.8. The van der Waals surface area contributed by atoms with Crippen molar-refractivity contribution in [3.05, 3.63) is 47.1 Å². The van der Waals surface area contributed by atoms with Crippen molar-refractivity contribution < 1.29 is 27.6 Å². The first-order valence-electron chi connectivity index (χ1n) is 12.1. The normalized spacial score (nSPS) is 19.5. The number of hydrogen-bond acceptors (Lipinski definition) is 7. The van der Waals surface area contributed by atoms with Gasteiger partial charge < -0.3 is 14.9 Å². The average molecular weight is 496 g/mol. The SMILES string of the molecule is C=C(C)[C@@H]1CCC(C)=C[C@H]1c1c(O)cc(CCCCC)cc1OC(O)NCCCOS(C)(=O)=O. The van der Waals surface area contributed by atoms with E-state index in [2.05, 4.69) is 31.8 Å². The predicted octanol–water partition coefficient (Wildman–Crippen LogP) is 4.75. The molecule has 1 unspecified atom stereocenters. The number of allylic oxidation sites excluding steroid dienone is 3. The Morgan fingerprint density at radius 2 is 2.03 bits per heavy atom. The third-order valence-electron chi connectivity index (χ3n) is 6.14. The number of rotatable bonds is 14. The van der Waals surface area contributed by atoms with Gasteiger partial charge in [-0.2, -0.15) is 8.42 Å². The zero-order chi connectivity index (χ0) is 25.3. The summed E-state index contributed by atoms with van der Waals surface area (Å²) in [6, 6.07) is 3.73. The number of aliphatic hydroxyl groups is 1. The van der Waals surface area contributed by atoms with E-state index in [1.54, 1.807) is 0 Å². The summed E-state index contributed by atoms with van der Waals surface area (Å²) in [5, 5.41) is 24.4. The molecule has 0 heterocycles. The van der Waals surface area contributed by atoms with E-state index in [4.69, 9.17) is 8.92 Å². The van der Waals surface area contributed by atoms with Crippen LogP contribution in [0.1, 0.15) is 76.3 Å². The van der Waals surface area contributed by atoms with Crippen LogP contribution in [0.15, 0.2) is 35.9 Å². The molecule has 0 bridgehead atoms. The van der Waals surface area contributed by atoms with E-state index in [-0.39, 0.29) is 24.2 Å². The molecule has 34 heavy (non-hydrogen) atoms. The minimum Gasteiger partial charge on any atom is -0.507 e. The number of aliphatic hydroxyl groups excluding tert-OH is 1. The molecule has 3 N–H and O–H groups in total. The lowest BCUT2D eigenvalue weighted by Gasteiger charge is -2.32. The second-order valence-electron chi connectivity index (χ2n) is 9.32. The van der Waals surface area contributed by atoms with Crippen molar-refractivity contribution in [2.75, 3.05) is 19.4 Å². The molecule has 0 aromatic heterocycles. The van der Waals surface area contributed by atoms with Gasteiger partial charge in [0.15, 0.2) is 0 Å². The summed E-state index contributed by atoms with van der Waals surface area (Å²) in [5.74, 6) is 0.684. The maximum Gasteiger partial charge on any atom is 0.264 e. The Bertz CT molecular complexity index is 956. The zero-order valence-electron chi connectivity index (χ0n) is 21.0. The molecule has 2 rings (SSSR count). The molecule has 1 aliphatic carbocycles. The third-order valence-corrected chi connectivity index (χ3v) is 6.73. The molecule has 0 saturated heterocycles. The molecule has 1 aromatic carbocycles. The number of benzene rings is 1. The first kappa shape index (κ1) is 28.4. The minimum absolute atomic E-state index is 0.0178. The lowest BCUT2D eigenvalue weighted by molar-refractivity contribution is -0.0449. The van der Waals surface area contributed by atoms with E-state index in [1.165, 1.54) is 5.57 Å². The van der Waals surface area contributed by atoms with Gasteiger partial charge in [-0.3, -0.25) is 9.50 Å². The van der Waals surface area contributed by atoms with Crippen molar-refractivity contribution in [2.45, 2.75) is 78.0 Å². The van der Waals surface area contributed by atoms with Crippen LogP contribution in [0.4, 0.5) is 0 Å². The number of ether oxygens (including phenoxy) is 1. The van der Waals surface area contributed by atoms with Crippen LogP contribution in [0.3, 0.4) is 0 Å². The van der Waals surface area contributed by atoms with Gasteiger partial charge in [0.2, 0.25) is 0 Å². The van der Waals surface area contributed by atoms with Crippen LogP contribution in [0.5, 0.6) is 11.5 Å². The van der Waals surface area contributed by atoms with Crippen LogP contribution in [-0.2, 0) is 20.7 Å². The van der Waals surface area contributed by atoms with E-state index in [1.807, 2.05) is 19.1 Å². The number of aryl methyl sites for hydroxylation is 1. The van der Waals surface area contributed by atoms with E-state index in [9.17, 15) is 18.6 Å². The van der Waals surface area contributed by atoms with Gasteiger partial charge in [0.1, 0.15) is 11.5 Å². The Hall–Kier alpha value is -1.87. The van der Waals surface area contributed by atoms with Crippen molar-refractivity contribution >= 4 is 10.1 Å². The Morgan fingerprint density at radius 3 is 2.68 bits per heavy atom. The van der Waals surface area contributed by atoms with Crippen molar-refractivity contribution in [1.29, 1.82) is 0 Å². The van der Waals surface area contributed by atoms with Crippen molar-refractivity contribution in [1.82, 2.24) is 5.32 Å². The molecule has 3 atom stereocenters. The first-order chi connectivity index (χ1) is 16.0. The monoisotopic (exact) mass is 495 g/mol. The molecule has 0 saturated carbocycles. The second-order valence-corrected chi connectivity index (χ2v) is 11.0. The second kappa shape index (κ2) is 13.3. The van der Waals surface area contributed by atoms with Crippen molar-refractivity contribution in [3.8, 4) is 11.5 Å². The Labute approximate surface area is 205 Å². The smallest absolute Gasteiger partial charge is 0.264 e. The molecular weight excluding hydrogens is 454 g/mol. The summed E-state index contributed by atoms with van der Waals surface area (Å²) in [6.07, 6.45) is 8.18. The average Bonchev–Trinajstić information content (AvgIpc) is 2.72. The predicted molar refractivity (Wildman–Crippen MR) is 135 cm³/mol. The van der Waals surface area contributed by atoms with E-state index < -0.39 is 16.5 Å². The highest BCUT2D eigenvalue weighted by atomic mass is 32.2. The van der Waals surface area contributed by atoms with E-state index in [0.29, 0.717) is 24.3 Å². The highest BCUT2D eigenvalue weighted by Crippen LogP contribution is 2.47. The molecule has 0 amide bonds. The van der Waals surface area contributed by atoms with Crippen LogP contribution >= 0.6 is 0 Å². The molecule has 1 aliphatic rings. The summed E-state index contributed by atoms with van der Waals surface area (Å²) < 4.78 is 32.7. The number of aromatic hydroxyl groups is 1. The van der Waals surface area contributed by atoms with Crippen LogP contribution in [0.25, 0.3) is 0 Å². The van der Waals surface area contributed by atoms with Gasteiger partial charge in [-0.25, -0.2) is 0 Å². The van der Waals surface area contributed by atoms with Crippen LogP contribution in [0, 0.1) is 5.92 Å². The van der Waals surface area contributed by atoms with Crippen LogP contribution < -0.4 is 10.1 Å². The molecule has 192 valence electrons. The van der Waals surface area contributed by atoms with Crippen molar-refractivity contribution in [3.63, 3.8) is 0 Å². The van der Waals surface area contributed by atoms with Gasteiger partial charge in [0, 0.05) is 18.0 Å². The van der Waals surface area contributed by atoms with Crippen LogP contribution in [-0.4, -0.2) is 44.5 Å². The molecule has 7 nitrogen and oxygen atoms in total. The fourth-order valence-corrected chi connectivity index (χ4v) is 4.82. The highest BCUT2D eigenvalue weighted by Gasteiger charge is 2.31. The summed E-state index contributed by atoms with van der Waals surface area (Å²) in [4.78, 5) is 0. The molecular formula is C26H41NO6S. The van der Waals surface area contributed by atoms with Gasteiger partial charge >= 0.3 is 0 Å². The maximum absolute atomic E-state index is 11.1. The third kappa shape index (κ3) is 9.06. The molecule has 0 spiro atoms. The van der Waals surface area contributed by atoms with E-state index in [0.717, 1.165) is 55.9 Å². The summed E-state index contributed by atoms with van der Waals surface area (Å²) in [7, 11) is -3.49. The molecule has 0 radical (unpaired) electrons. The van der Waals surface area contributed by atoms with Crippen LogP contribution in [0.2, 0.25) is 0 Å². The fraction of sp³-hybridized carbons (Fsp3) is 0.615. The number of phenols is 1. The van der Waals surface area contributed by atoms with Crippen molar-refractivity contribution in [2.24, 2.45) is 5.92 Å². The number of phenolic OH excluding ortho intramolecular Hbond substituents is 1. The van der Waals surface area contributed by atoms with E-state index >= 15 is 0 Å². The van der Waals surface area contributed by atoms with Gasteiger partial charge in [-0.05, 0) is 69.6 Å². The number of hydrogen-bond donors (Lipinski definition) is 3. The van der Waals surface area contributed by atoms with Gasteiger partial charge in [0.25, 0.3) is 16.5 Å². The summed E-state index contributed by atoms with van der Waals surface area (Å²) >= 11 is 0. The standard InChI is InChI=1S/C26H41NO6S/c1-6-7-8-10-20-16-23(28)25(22-15-19(4)11-12-21(22)18(2)3)24(17-20)33-26(29)27-13-9-14-32-34(5,30)31/h15-17,21-22,26-29H,2,6-14H2,1,3-5H3/t21-,22+,26?/m0/s1. The number of nitrogens with one attached hydrogen (secondary N) is 1. The fourth-order valence-electron chi connectivity index (χ4n) is 4.40. The topological polar surface area (TPSA) is 105 Å². The number of unbranched alkanes of at least 4 members (excludes halogenated alkanes) is 2. The van der Waals surface area contributed by atoms with Gasteiger partial charge in [-0.15, -0.1) is 0 Å².